The Morgan fingerprint density at radius 1 is 0.963 bits per heavy atom. The molecule has 0 saturated carbocycles. The SMILES string of the molecule is CN=C(NCCCCN1CCCC1)NCCCn1ccc2ccccc21.I. The Morgan fingerprint density at radius 3 is 2.48 bits per heavy atom. The van der Waals surface area contributed by atoms with Crippen molar-refractivity contribution in [3.8, 4) is 0 Å². The summed E-state index contributed by atoms with van der Waals surface area (Å²) in [5.74, 6) is 0.920. The lowest BCUT2D eigenvalue weighted by Crippen LogP contribution is -2.38. The molecule has 27 heavy (non-hydrogen) atoms. The topological polar surface area (TPSA) is 44.6 Å². The number of fused-ring (bicyclic) bond motifs is 1. The Hall–Kier alpha value is -1.28. The number of hydrogen-bond acceptors (Lipinski definition) is 2. The largest absolute Gasteiger partial charge is 0.356 e. The van der Waals surface area contributed by atoms with Crippen LogP contribution in [0.1, 0.15) is 32.1 Å². The lowest BCUT2D eigenvalue weighted by Gasteiger charge is -2.15. The molecule has 6 heteroatoms. The van der Waals surface area contributed by atoms with Crippen molar-refractivity contribution in [2.75, 3.05) is 39.8 Å². The van der Waals surface area contributed by atoms with E-state index < -0.39 is 0 Å². The fourth-order valence-corrected chi connectivity index (χ4v) is 3.69. The maximum absolute atomic E-state index is 4.32. The molecule has 0 spiro atoms. The molecule has 2 aromatic rings. The van der Waals surface area contributed by atoms with Gasteiger partial charge in [-0.25, -0.2) is 0 Å². The lowest BCUT2D eigenvalue weighted by molar-refractivity contribution is 0.330. The Morgan fingerprint density at radius 2 is 1.70 bits per heavy atom. The van der Waals surface area contributed by atoms with Crippen molar-refractivity contribution in [2.24, 2.45) is 4.99 Å². The Bertz CT molecular complexity index is 691. The van der Waals surface area contributed by atoms with Crippen molar-refractivity contribution in [3.63, 3.8) is 0 Å². The number of hydrogen-bond donors (Lipinski definition) is 2. The first-order valence-corrected chi connectivity index (χ1v) is 10.1. The van der Waals surface area contributed by atoms with Gasteiger partial charge in [0.25, 0.3) is 0 Å². The summed E-state index contributed by atoms with van der Waals surface area (Å²) in [6.07, 6.45) is 8.49. The van der Waals surface area contributed by atoms with Gasteiger partial charge in [0.05, 0.1) is 0 Å². The molecular weight excluding hydrogens is 449 g/mol. The first-order valence-electron chi connectivity index (χ1n) is 10.1. The molecule has 0 unspecified atom stereocenters. The molecule has 0 radical (unpaired) electrons. The van der Waals surface area contributed by atoms with Crippen LogP contribution in [0.5, 0.6) is 0 Å². The van der Waals surface area contributed by atoms with Crippen LogP contribution < -0.4 is 10.6 Å². The summed E-state index contributed by atoms with van der Waals surface area (Å²) < 4.78 is 2.32. The quantitative estimate of drug-likeness (QED) is 0.248. The maximum Gasteiger partial charge on any atom is 0.190 e. The summed E-state index contributed by atoms with van der Waals surface area (Å²) in [4.78, 5) is 6.91. The molecule has 2 N–H and O–H groups in total. The maximum atomic E-state index is 4.32. The highest BCUT2D eigenvalue weighted by Gasteiger charge is 2.10. The van der Waals surface area contributed by atoms with Crippen LogP contribution in [0.2, 0.25) is 0 Å². The van der Waals surface area contributed by atoms with Crippen LogP contribution in [0.15, 0.2) is 41.5 Å². The van der Waals surface area contributed by atoms with E-state index in [1.807, 2.05) is 7.05 Å². The van der Waals surface area contributed by atoms with E-state index in [2.05, 4.69) is 61.6 Å². The summed E-state index contributed by atoms with van der Waals surface area (Å²) in [6, 6.07) is 10.7. The predicted molar refractivity (Wildman–Crippen MR) is 126 cm³/mol. The van der Waals surface area contributed by atoms with Crippen LogP contribution >= 0.6 is 24.0 Å². The molecule has 150 valence electrons. The first-order chi connectivity index (χ1) is 12.9. The number of aryl methyl sites for hydroxylation is 1. The summed E-state index contributed by atoms with van der Waals surface area (Å²) in [6.45, 7) is 6.79. The van der Waals surface area contributed by atoms with E-state index in [4.69, 9.17) is 0 Å². The minimum atomic E-state index is 0. The summed E-state index contributed by atoms with van der Waals surface area (Å²) >= 11 is 0. The third-order valence-electron chi connectivity index (χ3n) is 5.16. The molecule has 1 aliphatic rings. The third kappa shape index (κ3) is 6.99. The molecule has 1 saturated heterocycles. The van der Waals surface area contributed by atoms with E-state index in [9.17, 15) is 0 Å². The summed E-state index contributed by atoms with van der Waals surface area (Å²) in [5, 5.41) is 8.17. The predicted octanol–water partition coefficient (Wildman–Crippen LogP) is 3.69. The highest BCUT2D eigenvalue weighted by Crippen LogP contribution is 2.15. The number of unbranched alkanes of at least 4 members (excludes halogenated alkanes) is 1. The van der Waals surface area contributed by atoms with Crippen molar-refractivity contribution in [2.45, 2.75) is 38.6 Å². The molecule has 1 aromatic carbocycles. The van der Waals surface area contributed by atoms with Crippen LogP contribution in [0.3, 0.4) is 0 Å². The second-order valence-corrected chi connectivity index (χ2v) is 7.10. The molecule has 5 nitrogen and oxygen atoms in total. The number of aromatic nitrogens is 1. The van der Waals surface area contributed by atoms with Crippen LogP contribution in [-0.4, -0.2) is 55.2 Å². The average molecular weight is 483 g/mol. The molecule has 3 rings (SSSR count). The number of rotatable bonds is 9. The molecule has 0 aliphatic carbocycles. The first kappa shape index (κ1) is 22.0. The van der Waals surface area contributed by atoms with Gasteiger partial charge in [-0.3, -0.25) is 4.99 Å². The van der Waals surface area contributed by atoms with E-state index in [-0.39, 0.29) is 24.0 Å². The average Bonchev–Trinajstić information content (AvgIpc) is 3.33. The minimum Gasteiger partial charge on any atom is -0.356 e. The number of guanidine groups is 1. The molecular formula is C21H34IN5. The lowest BCUT2D eigenvalue weighted by atomic mass is 10.2. The fraction of sp³-hybridized carbons (Fsp3) is 0.571. The molecule has 0 bridgehead atoms. The molecule has 1 aromatic heterocycles. The van der Waals surface area contributed by atoms with Gasteiger partial charge in [-0.2, -0.15) is 0 Å². The van der Waals surface area contributed by atoms with Gasteiger partial charge in [-0.05, 0) is 69.3 Å². The number of aliphatic imine (C=N–C) groups is 1. The van der Waals surface area contributed by atoms with Gasteiger partial charge in [0.1, 0.15) is 0 Å². The molecule has 0 amide bonds. The van der Waals surface area contributed by atoms with Crippen LogP contribution in [-0.2, 0) is 6.54 Å². The summed E-state index contributed by atoms with van der Waals surface area (Å²) in [5.41, 5.74) is 1.31. The zero-order valence-corrected chi connectivity index (χ0v) is 18.8. The van der Waals surface area contributed by atoms with Crippen LogP contribution in [0.4, 0.5) is 0 Å². The Labute approximate surface area is 180 Å². The summed E-state index contributed by atoms with van der Waals surface area (Å²) in [7, 11) is 1.85. The van der Waals surface area contributed by atoms with Crippen molar-refractivity contribution in [1.82, 2.24) is 20.1 Å². The van der Waals surface area contributed by atoms with Gasteiger partial charge >= 0.3 is 0 Å². The molecule has 2 heterocycles. The molecule has 0 atom stereocenters. The third-order valence-corrected chi connectivity index (χ3v) is 5.16. The number of benzene rings is 1. The standard InChI is InChI=1S/C21H33N5.HI/c1-22-21(23-12-4-5-14-25-15-6-7-16-25)24-13-8-17-26-18-11-19-9-2-3-10-20(19)26;/h2-3,9-11,18H,4-8,12-17H2,1H3,(H2,22,23,24);1H. The monoisotopic (exact) mass is 483 g/mol. The van der Waals surface area contributed by atoms with E-state index in [0.717, 1.165) is 32.0 Å². The normalized spacial score (nSPS) is 15.1. The number of likely N-dealkylation sites (tertiary alicyclic amines) is 1. The van der Waals surface area contributed by atoms with Gasteiger partial charge in [0.15, 0.2) is 5.96 Å². The van der Waals surface area contributed by atoms with Crippen molar-refractivity contribution in [1.29, 1.82) is 0 Å². The van der Waals surface area contributed by atoms with Crippen molar-refractivity contribution >= 4 is 40.8 Å². The van der Waals surface area contributed by atoms with Gasteiger partial charge < -0.3 is 20.1 Å². The fourth-order valence-electron chi connectivity index (χ4n) is 3.69. The second-order valence-electron chi connectivity index (χ2n) is 7.10. The van der Waals surface area contributed by atoms with E-state index in [0.29, 0.717) is 0 Å². The second kappa shape index (κ2) is 12.2. The highest BCUT2D eigenvalue weighted by atomic mass is 127. The van der Waals surface area contributed by atoms with Gasteiger partial charge in [0.2, 0.25) is 0 Å². The Balaban J connectivity index is 0.00000261. The van der Waals surface area contributed by atoms with E-state index >= 15 is 0 Å². The molecule has 1 aliphatic heterocycles. The van der Waals surface area contributed by atoms with Crippen LogP contribution in [0.25, 0.3) is 10.9 Å². The zero-order chi connectivity index (χ0) is 18.0. The highest BCUT2D eigenvalue weighted by molar-refractivity contribution is 14.0. The van der Waals surface area contributed by atoms with Gasteiger partial charge in [-0.1, -0.05) is 18.2 Å². The minimum absolute atomic E-state index is 0. The number of para-hydroxylation sites is 1. The van der Waals surface area contributed by atoms with Crippen LogP contribution in [0, 0.1) is 0 Å². The van der Waals surface area contributed by atoms with Gasteiger partial charge in [0, 0.05) is 38.4 Å². The van der Waals surface area contributed by atoms with Crippen molar-refractivity contribution in [3.05, 3.63) is 36.5 Å². The van der Waals surface area contributed by atoms with Crippen molar-refractivity contribution < 1.29 is 0 Å². The van der Waals surface area contributed by atoms with Gasteiger partial charge in [-0.15, -0.1) is 24.0 Å². The number of nitrogens with zero attached hydrogens (tertiary/aromatic N) is 3. The molecule has 1 fully saturated rings. The van der Waals surface area contributed by atoms with E-state index in [1.165, 1.54) is 56.2 Å². The number of nitrogens with one attached hydrogen (secondary N) is 2. The smallest absolute Gasteiger partial charge is 0.190 e. The zero-order valence-electron chi connectivity index (χ0n) is 16.5. The van der Waals surface area contributed by atoms with E-state index in [1.54, 1.807) is 0 Å². The number of halogens is 1. The Kier molecular flexibility index (Phi) is 9.97.